The van der Waals surface area contributed by atoms with Gasteiger partial charge in [0.2, 0.25) is 0 Å². The number of aliphatic hydroxyl groups excluding tert-OH is 1. The van der Waals surface area contributed by atoms with E-state index in [1.54, 1.807) is 33.5 Å². The number of ketones is 1. The third kappa shape index (κ3) is 11.8. The molecule has 382 valence electrons. The molecular weight excluding hydrogens is 875 g/mol. The molecule has 0 spiro atoms. The van der Waals surface area contributed by atoms with Crippen molar-refractivity contribution in [3.63, 3.8) is 0 Å². The normalized spacial score (nSPS) is 40.2. The van der Waals surface area contributed by atoms with Crippen molar-refractivity contribution >= 4 is 29.2 Å². The van der Waals surface area contributed by atoms with Gasteiger partial charge in [0.25, 0.3) is 0 Å². The van der Waals surface area contributed by atoms with Crippen LogP contribution >= 0.6 is 0 Å². The number of cyclic esters (lactones) is 1. The predicted molar refractivity (Wildman–Crippen MR) is 255 cm³/mol. The summed E-state index contributed by atoms with van der Waals surface area (Å²) in [5.74, 6) is -2.43. The number of methoxy groups -OCH3 is 3. The lowest BCUT2D eigenvalue weighted by molar-refractivity contribution is -0.314. The first-order valence-corrected chi connectivity index (χ1v) is 25.2. The van der Waals surface area contributed by atoms with Crippen LogP contribution in [0.4, 0.5) is 16.2 Å². The molecule has 1 aromatic rings. The van der Waals surface area contributed by atoms with Gasteiger partial charge in [-0.1, -0.05) is 19.9 Å². The number of allylic oxidation sites excluding steroid dienone is 2. The summed E-state index contributed by atoms with van der Waals surface area (Å²) in [4.78, 5) is 44.0. The summed E-state index contributed by atoms with van der Waals surface area (Å²) in [6, 6.07) is 7.07. The number of hydrogen-bond donors (Lipinski definition) is 3. The minimum atomic E-state index is -0.976. The van der Waals surface area contributed by atoms with Crippen molar-refractivity contribution in [3.05, 3.63) is 35.9 Å². The molecule has 16 heteroatoms. The van der Waals surface area contributed by atoms with Gasteiger partial charge in [-0.15, -0.1) is 0 Å². The molecule has 3 aliphatic heterocycles. The molecule has 2 saturated carbocycles. The fourth-order valence-electron chi connectivity index (χ4n) is 12.5. The minimum Gasteiger partial charge on any atom is -0.462 e. The number of hydrogen-bond acceptors (Lipinski definition) is 15. The van der Waals surface area contributed by atoms with Gasteiger partial charge in [0.1, 0.15) is 30.0 Å². The number of nitrogens with one attached hydrogen (secondary N) is 2. The molecule has 68 heavy (non-hydrogen) atoms. The summed E-state index contributed by atoms with van der Waals surface area (Å²) in [5, 5.41) is 19.4. The second kappa shape index (κ2) is 22.5. The zero-order valence-corrected chi connectivity index (χ0v) is 42.5. The summed E-state index contributed by atoms with van der Waals surface area (Å²) in [5.41, 5.74) is 1.20. The molecule has 0 bridgehead atoms. The van der Waals surface area contributed by atoms with Crippen molar-refractivity contribution < 1.29 is 62.1 Å². The predicted octanol–water partition coefficient (Wildman–Crippen LogP) is 7.12. The Hall–Kier alpha value is -3.19. The van der Waals surface area contributed by atoms with Crippen molar-refractivity contribution in [2.24, 2.45) is 35.5 Å². The lowest BCUT2D eigenvalue weighted by Gasteiger charge is -2.47. The molecule has 3 heterocycles. The molecule has 6 aliphatic rings. The van der Waals surface area contributed by atoms with Gasteiger partial charge < -0.3 is 58.0 Å². The van der Waals surface area contributed by atoms with Gasteiger partial charge in [-0.25, -0.2) is 4.79 Å². The first-order valence-electron chi connectivity index (χ1n) is 25.2. The van der Waals surface area contributed by atoms with Crippen LogP contribution in [-0.2, 0) is 52.2 Å². The number of benzene rings is 1. The van der Waals surface area contributed by atoms with Crippen molar-refractivity contribution in [2.75, 3.05) is 46.1 Å². The Bertz CT molecular complexity index is 1890. The van der Waals surface area contributed by atoms with E-state index in [1.165, 1.54) is 0 Å². The maximum atomic E-state index is 15.2. The number of likely N-dealkylation sites (N-methyl/N-ethyl adjacent to an activating group) is 1. The monoisotopic (exact) mass is 956 g/mol. The summed E-state index contributed by atoms with van der Waals surface area (Å²) < 4.78 is 55.8. The zero-order valence-electron chi connectivity index (χ0n) is 42.5. The number of rotatable bonds is 12. The summed E-state index contributed by atoms with van der Waals surface area (Å²) in [7, 11) is 9.00. The molecule has 0 aromatic heterocycles. The fourth-order valence-corrected chi connectivity index (χ4v) is 12.5. The average Bonchev–Trinajstić information content (AvgIpc) is 3.87. The van der Waals surface area contributed by atoms with Crippen molar-refractivity contribution in [2.45, 2.75) is 191 Å². The number of carbonyl (C=O) groups is 3. The molecule has 3 saturated heterocycles. The Morgan fingerprint density at radius 3 is 2.16 bits per heavy atom. The van der Waals surface area contributed by atoms with E-state index in [0.717, 1.165) is 24.9 Å². The van der Waals surface area contributed by atoms with E-state index >= 15 is 4.79 Å². The molecule has 3 unspecified atom stereocenters. The van der Waals surface area contributed by atoms with E-state index in [4.69, 9.17) is 42.6 Å². The lowest BCUT2D eigenvalue weighted by Crippen LogP contribution is -2.59. The molecule has 16 nitrogen and oxygen atoms in total. The van der Waals surface area contributed by atoms with Crippen LogP contribution in [0.3, 0.4) is 0 Å². The van der Waals surface area contributed by atoms with E-state index in [1.807, 2.05) is 53.7 Å². The molecular formula is C52H81N3O13. The Kier molecular flexibility index (Phi) is 17.4. The molecule has 1 amide bonds. The molecule has 3 N–H and O–H groups in total. The van der Waals surface area contributed by atoms with Crippen LogP contribution in [0.1, 0.15) is 106 Å². The van der Waals surface area contributed by atoms with Crippen molar-refractivity contribution in [3.8, 4) is 0 Å². The summed E-state index contributed by atoms with van der Waals surface area (Å²) in [6.07, 6.45) is 2.07. The SMILES string of the molecule is CC[C@H]1CCC[C@H](O[C@H]2CC[C@H](N(C)C)C(C)O2)[C@@H](C)C(=O)C2=C[C@H]3[C@@H]4C[C@H](O[C@@H]5OC(C)[C@H](OC)C(OC)[C@@H]5OC)C[C@H]4[C@H](Nc4ccc(NC(=O)OC(C)(C)C)cc4)[C@@H](O)[C@H]3[C@@H]2CC(=O)O1. The van der Waals surface area contributed by atoms with E-state index in [0.29, 0.717) is 43.4 Å². The summed E-state index contributed by atoms with van der Waals surface area (Å²) in [6.45, 7) is 13.4. The van der Waals surface area contributed by atoms with E-state index < -0.39 is 72.5 Å². The number of fused-ring (bicyclic) bond motifs is 5. The maximum Gasteiger partial charge on any atom is 0.412 e. The number of carbonyl (C=O) groups excluding carboxylic acids is 3. The highest BCUT2D eigenvalue weighted by Crippen LogP contribution is 2.57. The van der Waals surface area contributed by atoms with Gasteiger partial charge in [0.15, 0.2) is 18.4 Å². The first kappa shape index (κ1) is 52.6. The number of Topliss-reactive ketones (excluding diaryl/α,β-unsaturated/α-hetero) is 1. The Morgan fingerprint density at radius 1 is 0.853 bits per heavy atom. The molecule has 0 radical (unpaired) electrons. The van der Waals surface area contributed by atoms with Gasteiger partial charge in [-0.2, -0.15) is 0 Å². The minimum absolute atomic E-state index is 0.0306. The van der Waals surface area contributed by atoms with Crippen LogP contribution in [0, 0.1) is 35.5 Å². The second-order valence-corrected chi connectivity index (χ2v) is 21.5. The van der Waals surface area contributed by atoms with E-state index in [9.17, 15) is 14.7 Å². The van der Waals surface area contributed by atoms with Gasteiger partial charge in [0.05, 0.1) is 43.0 Å². The van der Waals surface area contributed by atoms with Crippen LogP contribution < -0.4 is 10.6 Å². The molecule has 1 aromatic carbocycles. The largest absolute Gasteiger partial charge is 0.462 e. The number of aliphatic hydroxyl groups is 1. The number of nitrogens with zero attached hydrogens (tertiary/aromatic N) is 1. The highest BCUT2D eigenvalue weighted by molar-refractivity contribution is 5.99. The maximum absolute atomic E-state index is 15.2. The van der Waals surface area contributed by atoms with Gasteiger partial charge in [-0.3, -0.25) is 14.9 Å². The fraction of sp³-hybridized carbons (Fsp3) is 0.788. The first-order chi connectivity index (χ1) is 32.3. The van der Waals surface area contributed by atoms with E-state index in [-0.39, 0.29) is 72.5 Å². The third-order valence-electron chi connectivity index (χ3n) is 15.8. The molecule has 19 atom stereocenters. The standard InChI is InChI=1S/C52H81N3O13/c1-13-32-15-14-16-40(67-42-22-21-39(55(8)9)28(3)63-42)27(2)45(57)38-25-35-34-23-33(66-50-49(62-12)48(61-11)47(60-10)29(4)64-50)24-37(34)44(46(58)43(35)36(38)26-41(56)65-32)53-30-17-19-31(20-18-30)54-51(59)68-52(5,6)7/h17-20,25,27-29,32-37,39-40,42-44,46-50,53,58H,13-16,21-24,26H2,1-12H3,(H,54,59)/t27-,28?,29?,32+,33+,34+,35+,36-,37-,39+,40+,42+,43-,44+,46+,47+,48?,49+,50+/m1/s1. The Balaban J connectivity index is 1.20. The molecule has 7 rings (SSSR count). The van der Waals surface area contributed by atoms with Gasteiger partial charge in [-0.05, 0) is 148 Å². The van der Waals surface area contributed by atoms with Crippen LogP contribution in [-0.4, -0.2) is 148 Å². The lowest BCUT2D eigenvalue weighted by atomic mass is 9.62. The van der Waals surface area contributed by atoms with Crippen LogP contribution in [0.2, 0.25) is 0 Å². The topological polar surface area (TPSA) is 182 Å². The second-order valence-electron chi connectivity index (χ2n) is 21.5. The van der Waals surface area contributed by atoms with E-state index in [2.05, 4.69) is 42.6 Å². The third-order valence-corrected chi connectivity index (χ3v) is 15.8. The highest BCUT2D eigenvalue weighted by atomic mass is 16.7. The van der Waals surface area contributed by atoms with Crippen LogP contribution in [0.15, 0.2) is 35.9 Å². The Morgan fingerprint density at radius 2 is 1.53 bits per heavy atom. The number of amides is 1. The number of anilines is 2. The van der Waals surface area contributed by atoms with Crippen molar-refractivity contribution in [1.82, 2.24) is 4.90 Å². The average molecular weight is 956 g/mol. The van der Waals surface area contributed by atoms with Crippen molar-refractivity contribution in [1.29, 1.82) is 0 Å². The smallest absolute Gasteiger partial charge is 0.412 e. The molecule has 5 fully saturated rings. The quantitative estimate of drug-likeness (QED) is 0.180. The Labute approximate surface area is 404 Å². The van der Waals surface area contributed by atoms with Crippen LogP contribution in [0.5, 0.6) is 0 Å². The van der Waals surface area contributed by atoms with Gasteiger partial charge >= 0.3 is 12.1 Å². The van der Waals surface area contributed by atoms with Crippen LogP contribution in [0.25, 0.3) is 0 Å². The zero-order chi connectivity index (χ0) is 49.2. The highest BCUT2D eigenvalue weighted by Gasteiger charge is 2.60. The number of esters is 1. The summed E-state index contributed by atoms with van der Waals surface area (Å²) >= 11 is 0. The molecule has 3 aliphatic carbocycles. The van der Waals surface area contributed by atoms with Gasteiger partial charge in [0, 0.05) is 56.5 Å². The number of ether oxygens (including phenoxy) is 9.